The van der Waals surface area contributed by atoms with Crippen molar-refractivity contribution >= 4 is 21.4 Å². The number of nitrogens with one attached hydrogen (secondary N) is 1. The van der Waals surface area contributed by atoms with E-state index in [9.17, 15) is 13.5 Å². The zero-order valence-corrected chi connectivity index (χ0v) is 11.3. The van der Waals surface area contributed by atoms with Crippen molar-refractivity contribution in [3.05, 3.63) is 46.5 Å². The third-order valence-corrected chi connectivity index (χ3v) is 4.14. The summed E-state index contributed by atoms with van der Waals surface area (Å²) in [6.45, 7) is -0.167. The maximum atomic E-state index is 11.2. The van der Waals surface area contributed by atoms with Gasteiger partial charge in [-0.3, -0.25) is 0 Å². The first kappa shape index (κ1) is 13.3. The quantitative estimate of drug-likeness (QED) is 0.864. The van der Waals surface area contributed by atoms with Crippen LogP contribution in [0.2, 0.25) is 0 Å². The van der Waals surface area contributed by atoms with Gasteiger partial charge in [0.25, 0.3) is 0 Å². The molecule has 0 aromatic carbocycles. The molecule has 2 heterocycles. The van der Waals surface area contributed by atoms with Crippen molar-refractivity contribution in [1.29, 1.82) is 0 Å². The van der Waals surface area contributed by atoms with Gasteiger partial charge in [-0.15, -0.1) is 11.3 Å². The van der Waals surface area contributed by atoms with E-state index < -0.39 is 15.6 Å². The van der Waals surface area contributed by atoms with Crippen LogP contribution < -0.4 is 4.72 Å². The minimum atomic E-state index is -3.39. The number of sulfonamides is 1. The molecule has 0 spiro atoms. The van der Waals surface area contributed by atoms with Gasteiger partial charge in [-0.25, -0.2) is 13.1 Å². The Bertz CT molecular complexity index is 553. The molecule has 18 heavy (non-hydrogen) atoms. The molecule has 0 aliphatic carbocycles. The molecule has 2 N–H and O–H groups in total. The second-order valence-electron chi connectivity index (χ2n) is 3.91. The van der Waals surface area contributed by atoms with E-state index in [1.807, 2.05) is 5.38 Å². The van der Waals surface area contributed by atoms with Crippen LogP contribution in [0.5, 0.6) is 0 Å². The number of rotatable bonds is 5. The molecule has 2 aromatic heterocycles. The number of aliphatic hydroxyl groups is 1. The highest BCUT2D eigenvalue weighted by Gasteiger charge is 2.36. The molecule has 0 bridgehead atoms. The largest absolute Gasteiger partial charge is 0.466 e. The first-order valence-electron chi connectivity index (χ1n) is 5.17. The van der Waals surface area contributed by atoms with E-state index in [0.717, 1.165) is 6.26 Å². The standard InChI is InChI=1S/C11H13NO4S2/c1-18(14,15)12-8-11(13,9-4-2-6-16-9)10-5-3-7-17-10/h2-7,12-13H,8H2,1H3/t11-/m0/s1. The zero-order chi connectivity index (χ0) is 13.2. The van der Waals surface area contributed by atoms with Crippen LogP contribution in [-0.4, -0.2) is 26.3 Å². The fourth-order valence-corrected chi connectivity index (χ4v) is 2.86. The van der Waals surface area contributed by atoms with Gasteiger partial charge in [-0.2, -0.15) is 0 Å². The lowest BCUT2D eigenvalue weighted by atomic mass is 9.99. The van der Waals surface area contributed by atoms with E-state index in [2.05, 4.69) is 4.72 Å². The molecule has 5 nitrogen and oxygen atoms in total. The minimum Gasteiger partial charge on any atom is -0.466 e. The summed E-state index contributed by atoms with van der Waals surface area (Å²) in [4.78, 5) is 0.619. The van der Waals surface area contributed by atoms with Crippen LogP contribution in [0.15, 0.2) is 40.3 Å². The van der Waals surface area contributed by atoms with Gasteiger partial charge in [0.05, 0.1) is 19.1 Å². The number of furan rings is 1. The van der Waals surface area contributed by atoms with Crippen molar-refractivity contribution in [2.45, 2.75) is 5.60 Å². The van der Waals surface area contributed by atoms with Crippen molar-refractivity contribution < 1.29 is 17.9 Å². The van der Waals surface area contributed by atoms with Gasteiger partial charge in [0, 0.05) is 4.88 Å². The maximum Gasteiger partial charge on any atom is 0.208 e. The molecule has 0 radical (unpaired) electrons. The lowest BCUT2D eigenvalue weighted by Gasteiger charge is -2.24. The van der Waals surface area contributed by atoms with E-state index in [0.29, 0.717) is 10.6 Å². The molecule has 7 heteroatoms. The van der Waals surface area contributed by atoms with Crippen molar-refractivity contribution in [3.63, 3.8) is 0 Å². The summed E-state index contributed by atoms with van der Waals surface area (Å²) >= 11 is 1.33. The van der Waals surface area contributed by atoms with Gasteiger partial charge in [0.1, 0.15) is 5.76 Å². The zero-order valence-electron chi connectivity index (χ0n) is 9.66. The van der Waals surface area contributed by atoms with Crippen LogP contribution in [0.1, 0.15) is 10.6 Å². The first-order chi connectivity index (χ1) is 8.42. The second-order valence-corrected chi connectivity index (χ2v) is 6.69. The summed E-state index contributed by atoms with van der Waals surface area (Å²) in [5.41, 5.74) is -1.49. The Morgan fingerprint density at radius 3 is 2.72 bits per heavy atom. The minimum absolute atomic E-state index is 0.167. The van der Waals surface area contributed by atoms with E-state index >= 15 is 0 Å². The summed E-state index contributed by atoms with van der Waals surface area (Å²) in [6.07, 6.45) is 2.48. The molecule has 1 atom stereocenters. The van der Waals surface area contributed by atoms with Gasteiger partial charge in [0.2, 0.25) is 10.0 Å². The molecule has 2 aromatic rings. The van der Waals surface area contributed by atoms with Gasteiger partial charge < -0.3 is 9.52 Å². The summed E-state index contributed by atoms with van der Waals surface area (Å²) in [6, 6.07) is 6.78. The van der Waals surface area contributed by atoms with E-state index in [1.165, 1.54) is 17.6 Å². The molecule has 0 aliphatic heterocycles. The molecule has 98 valence electrons. The fraction of sp³-hybridized carbons (Fsp3) is 0.273. The third kappa shape index (κ3) is 2.81. The van der Waals surface area contributed by atoms with E-state index in [1.54, 1.807) is 24.3 Å². The Hall–Kier alpha value is -1.15. The normalized spacial score (nSPS) is 15.4. The van der Waals surface area contributed by atoms with Crippen molar-refractivity contribution in [1.82, 2.24) is 4.72 Å². The molecule has 0 saturated heterocycles. The average Bonchev–Trinajstić information content (AvgIpc) is 2.97. The number of thiophene rings is 1. The lowest BCUT2D eigenvalue weighted by molar-refractivity contribution is 0.0655. The van der Waals surface area contributed by atoms with Crippen LogP contribution >= 0.6 is 11.3 Å². The molecule has 0 saturated carbocycles. The van der Waals surface area contributed by atoms with Gasteiger partial charge in [-0.1, -0.05) is 6.07 Å². The smallest absolute Gasteiger partial charge is 0.208 e. The monoisotopic (exact) mass is 287 g/mol. The van der Waals surface area contributed by atoms with Crippen LogP contribution in [0.25, 0.3) is 0 Å². The van der Waals surface area contributed by atoms with Crippen LogP contribution in [-0.2, 0) is 15.6 Å². The van der Waals surface area contributed by atoms with E-state index in [4.69, 9.17) is 4.42 Å². The topological polar surface area (TPSA) is 79.5 Å². The van der Waals surface area contributed by atoms with Crippen LogP contribution in [0.3, 0.4) is 0 Å². The molecular formula is C11H13NO4S2. The molecule has 0 aliphatic rings. The van der Waals surface area contributed by atoms with E-state index in [-0.39, 0.29) is 6.54 Å². The van der Waals surface area contributed by atoms with Gasteiger partial charge in [0.15, 0.2) is 5.60 Å². The highest BCUT2D eigenvalue weighted by atomic mass is 32.2. The van der Waals surface area contributed by atoms with Crippen molar-refractivity contribution in [3.8, 4) is 0 Å². The highest BCUT2D eigenvalue weighted by molar-refractivity contribution is 7.88. The van der Waals surface area contributed by atoms with Gasteiger partial charge >= 0.3 is 0 Å². The lowest BCUT2D eigenvalue weighted by Crippen LogP contribution is -2.40. The Kier molecular flexibility index (Phi) is 3.58. The SMILES string of the molecule is CS(=O)(=O)NC[C@](O)(c1ccco1)c1cccs1. The van der Waals surface area contributed by atoms with Gasteiger partial charge in [-0.05, 0) is 23.6 Å². The van der Waals surface area contributed by atoms with Crippen LogP contribution in [0.4, 0.5) is 0 Å². The maximum absolute atomic E-state index is 11.2. The van der Waals surface area contributed by atoms with Crippen molar-refractivity contribution in [2.75, 3.05) is 12.8 Å². The van der Waals surface area contributed by atoms with Crippen molar-refractivity contribution in [2.24, 2.45) is 0 Å². The average molecular weight is 287 g/mol. The molecule has 0 amide bonds. The fourth-order valence-electron chi connectivity index (χ4n) is 1.56. The summed E-state index contributed by atoms with van der Waals surface area (Å²) in [5.74, 6) is 0.307. The predicted molar refractivity (Wildman–Crippen MR) is 68.9 cm³/mol. The molecule has 0 fully saturated rings. The molecule has 0 unspecified atom stereocenters. The Labute approximate surface area is 109 Å². The number of hydrogen-bond acceptors (Lipinski definition) is 5. The molecule has 2 rings (SSSR count). The summed E-state index contributed by atoms with van der Waals surface area (Å²) < 4.78 is 29.9. The summed E-state index contributed by atoms with van der Waals surface area (Å²) in [7, 11) is -3.39. The predicted octanol–water partition coefficient (Wildman–Crippen LogP) is 1.13. The molecular weight excluding hydrogens is 274 g/mol. The third-order valence-electron chi connectivity index (χ3n) is 2.45. The Morgan fingerprint density at radius 2 is 2.22 bits per heavy atom. The number of hydrogen-bond donors (Lipinski definition) is 2. The first-order valence-corrected chi connectivity index (χ1v) is 7.94. The summed E-state index contributed by atoms with van der Waals surface area (Å²) in [5, 5.41) is 12.5. The Balaban J connectivity index is 2.35. The highest BCUT2D eigenvalue weighted by Crippen LogP contribution is 2.32. The second kappa shape index (κ2) is 4.85. The van der Waals surface area contributed by atoms with Crippen LogP contribution in [0, 0.1) is 0 Å². The Morgan fingerprint density at radius 1 is 1.44 bits per heavy atom.